The highest BCUT2D eigenvalue weighted by atomic mass is 32.1. The van der Waals surface area contributed by atoms with Gasteiger partial charge >= 0.3 is 0 Å². The van der Waals surface area contributed by atoms with Gasteiger partial charge in [0.05, 0.1) is 23.5 Å². The van der Waals surface area contributed by atoms with Crippen molar-refractivity contribution in [1.82, 2.24) is 20.5 Å². The smallest absolute Gasteiger partial charge is 0.233 e. The molecule has 2 aromatic heterocycles. The van der Waals surface area contributed by atoms with Gasteiger partial charge in [0, 0.05) is 30.0 Å². The molecule has 6 heteroatoms. The summed E-state index contributed by atoms with van der Waals surface area (Å²) >= 11 is 1.67. The Morgan fingerprint density at radius 2 is 2.25 bits per heavy atom. The maximum atomic E-state index is 5.61. The summed E-state index contributed by atoms with van der Waals surface area (Å²) in [6.45, 7) is 3.42. The van der Waals surface area contributed by atoms with Crippen LogP contribution in [0.1, 0.15) is 29.1 Å². The van der Waals surface area contributed by atoms with Crippen molar-refractivity contribution in [3.63, 3.8) is 0 Å². The van der Waals surface area contributed by atoms with E-state index in [1.807, 2.05) is 24.6 Å². The second kappa shape index (κ2) is 6.28. The first-order valence-corrected chi connectivity index (χ1v) is 7.77. The Kier molecular flexibility index (Phi) is 4.22. The minimum Gasteiger partial charge on any atom is -0.476 e. The Morgan fingerprint density at radius 1 is 1.35 bits per heavy atom. The molecule has 0 radical (unpaired) electrons. The maximum Gasteiger partial charge on any atom is 0.233 e. The van der Waals surface area contributed by atoms with Crippen LogP contribution in [0.25, 0.3) is 0 Å². The molecule has 0 bridgehead atoms. The fraction of sp³-hybridized carbons (Fsp3) is 0.500. The van der Waals surface area contributed by atoms with Gasteiger partial charge in [-0.3, -0.25) is 0 Å². The summed E-state index contributed by atoms with van der Waals surface area (Å²) < 4.78 is 5.61. The molecule has 1 aliphatic rings. The van der Waals surface area contributed by atoms with Gasteiger partial charge in [-0.05, 0) is 25.8 Å². The van der Waals surface area contributed by atoms with Crippen molar-refractivity contribution in [2.24, 2.45) is 0 Å². The number of thiazole rings is 1. The van der Waals surface area contributed by atoms with Crippen LogP contribution in [0.4, 0.5) is 0 Å². The molecule has 106 valence electrons. The summed E-state index contributed by atoms with van der Waals surface area (Å²) in [6.07, 6.45) is 3.43. The van der Waals surface area contributed by atoms with Crippen LogP contribution in [-0.2, 0) is 13.0 Å². The van der Waals surface area contributed by atoms with Crippen LogP contribution in [0.3, 0.4) is 0 Å². The lowest BCUT2D eigenvalue weighted by Gasteiger charge is -2.05. The maximum absolute atomic E-state index is 5.61. The molecule has 0 aromatic carbocycles. The highest BCUT2D eigenvalue weighted by Gasteiger charge is 2.20. The zero-order chi connectivity index (χ0) is 13.8. The van der Waals surface area contributed by atoms with Crippen molar-refractivity contribution in [2.75, 3.05) is 6.61 Å². The number of nitrogens with zero attached hydrogens (tertiary/aromatic N) is 3. The molecular weight excluding hydrogens is 272 g/mol. The van der Waals surface area contributed by atoms with Crippen molar-refractivity contribution in [3.8, 4) is 5.88 Å². The summed E-state index contributed by atoms with van der Waals surface area (Å²) in [4.78, 5) is 5.49. The van der Waals surface area contributed by atoms with Gasteiger partial charge in [0.2, 0.25) is 5.88 Å². The van der Waals surface area contributed by atoms with E-state index in [-0.39, 0.29) is 0 Å². The zero-order valence-corrected chi connectivity index (χ0v) is 12.3. The van der Waals surface area contributed by atoms with Crippen LogP contribution in [0.2, 0.25) is 0 Å². The lowest BCUT2D eigenvalue weighted by molar-refractivity contribution is 0.306. The summed E-state index contributed by atoms with van der Waals surface area (Å²) in [5.41, 5.74) is 3.92. The van der Waals surface area contributed by atoms with Crippen LogP contribution >= 0.6 is 11.3 Å². The van der Waals surface area contributed by atoms with Gasteiger partial charge in [0.15, 0.2) is 0 Å². The van der Waals surface area contributed by atoms with E-state index in [2.05, 4.69) is 20.5 Å². The van der Waals surface area contributed by atoms with Gasteiger partial charge in [0.25, 0.3) is 0 Å². The predicted molar refractivity (Wildman–Crippen MR) is 77.9 cm³/mol. The van der Waals surface area contributed by atoms with Crippen molar-refractivity contribution in [2.45, 2.75) is 38.8 Å². The molecule has 1 fully saturated rings. The average molecular weight is 290 g/mol. The Hall–Kier alpha value is -1.53. The lowest BCUT2D eigenvalue weighted by Crippen LogP contribution is -2.16. The van der Waals surface area contributed by atoms with Gasteiger partial charge in [-0.15, -0.1) is 16.4 Å². The molecule has 1 N–H and O–H groups in total. The summed E-state index contributed by atoms with van der Waals surface area (Å²) in [6, 6.07) is 4.54. The number of hydrogen-bond donors (Lipinski definition) is 1. The van der Waals surface area contributed by atoms with Crippen molar-refractivity contribution in [3.05, 3.63) is 33.9 Å². The topological polar surface area (TPSA) is 59.9 Å². The third-order valence-corrected chi connectivity index (χ3v) is 4.26. The molecule has 0 aliphatic heterocycles. The third-order valence-electron chi connectivity index (χ3n) is 3.27. The average Bonchev–Trinajstić information content (AvgIpc) is 3.21. The van der Waals surface area contributed by atoms with Gasteiger partial charge in [-0.25, -0.2) is 4.98 Å². The van der Waals surface area contributed by atoms with Crippen molar-refractivity contribution < 1.29 is 4.74 Å². The van der Waals surface area contributed by atoms with Gasteiger partial charge in [-0.1, -0.05) is 0 Å². The summed E-state index contributed by atoms with van der Waals surface area (Å²) in [5, 5.41) is 11.7. The van der Waals surface area contributed by atoms with Gasteiger partial charge in [-0.2, -0.15) is 5.10 Å². The minimum absolute atomic E-state index is 0.586. The molecule has 0 saturated heterocycles. The monoisotopic (exact) mass is 290 g/mol. The van der Waals surface area contributed by atoms with Gasteiger partial charge < -0.3 is 10.1 Å². The lowest BCUT2D eigenvalue weighted by atomic mass is 10.3. The van der Waals surface area contributed by atoms with Crippen molar-refractivity contribution >= 4 is 11.3 Å². The summed E-state index contributed by atoms with van der Waals surface area (Å²) in [5.74, 6) is 0.586. The largest absolute Gasteiger partial charge is 0.476 e. The molecule has 2 aromatic rings. The number of aromatic nitrogens is 3. The number of rotatable bonds is 7. The van der Waals surface area contributed by atoms with Crippen molar-refractivity contribution in [1.29, 1.82) is 0 Å². The third kappa shape index (κ3) is 3.74. The molecule has 0 amide bonds. The van der Waals surface area contributed by atoms with Gasteiger partial charge in [0.1, 0.15) is 0 Å². The number of hydrogen-bond acceptors (Lipinski definition) is 6. The normalized spacial score (nSPS) is 14.4. The Balaban J connectivity index is 1.44. The van der Waals surface area contributed by atoms with E-state index in [0.29, 0.717) is 18.5 Å². The van der Waals surface area contributed by atoms with Crippen LogP contribution in [-0.4, -0.2) is 27.8 Å². The molecular formula is C14H18N4OS. The van der Waals surface area contributed by atoms with Crippen LogP contribution in [0.15, 0.2) is 17.6 Å². The highest BCUT2D eigenvalue weighted by Crippen LogP contribution is 2.19. The molecule has 20 heavy (non-hydrogen) atoms. The first-order chi connectivity index (χ1) is 9.81. The SMILES string of the molecule is Cc1ncsc1CCOc1ccc(CNC2CC2)nn1. The molecule has 0 spiro atoms. The Labute approximate surface area is 122 Å². The predicted octanol–water partition coefficient (Wildman–Crippen LogP) is 2.12. The van der Waals surface area contributed by atoms with E-state index < -0.39 is 0 Å². The molecule has 0 unspecified atom stereocenters. The fourth-order valence-corrected chi connectivity index (χ4v) is 2.63. The first-order valence-electron chi connectivity index (χ1n) is 6.89. The van der Waals surface area contributed by atoms with E-state index in [9.17, 15) is 0 Å². The standard InChI is InChI=1S/C14H18N4OS/c1-10-13(20-9-16-10)6-7-19-14-5-4-12(17-18-14)8-15-11-2-3-11/h4-5,9,11,15H,2-3,6-8H2,1H3. The van der Waals surface area contributed by atoms with E-state index in [1.165, 1.54) is 17.7 Å². The van der Waals surface area contributed by atoms with E-state index in [4.69, 9.17) is 4.74 Å². The molecule has 5 nitrogen and oxygen atoms in total. The summed E-state index contributed by atoms with van der Waals surface area (Å²) in [7, 11) is 0. The molecule has 3 rings (SSSR count). The molecule has 0 atom stereocenters. The Morgan fingerprint density at radius 3 is 2.90 bits per heavy atom. The second-order valence-corrected chi connectivity index (χ2v) is 5.92. The zero-order valence-electron chi connectivity index (χ0n) is 11.5. The number of aryl methyl sites for hydroxylation is 1. The molecule has 2 heterocycles. The molecule has 1 aliphatic carbocycles. The number of ether oxygens (including phenoxy) is 1. The number of nitrogens with one attached hydrogen (secondary N) is 1. The second-order valence-electron chi connectivity index (χ2n) is 4.98. The highest BCUT2D eigenvalue weighted by molar-refractivity contribution is 7.09. The first kappa shape index (κ1) is 13.5. The Bertz CT molecular complexity index is 551. The van der Waals surface area contributed by atoms with E-state index >= 15 is 0 Å². The molecule has 1 saturated carbocycles. The van der Waals surface area contributed by atoms with E-state index in [1.54, 1.807) is 11.3 Å². The minimum atomic E-state index is 0.586. The van der Waals surface area contributed by atoms with Crippen LogP contribution in [0, 0.1) is 6.92 Å². The van der Waals surface area contributed by atoms with Crippen LogP contribution in [0.5, 0.6) is 5.88 Å². The van der Waals surface area contributed by atoms with Crippen LogP contribution < -0.4 is 10.1 Å². The van der Waals surface area contributed by atoms with E-state index in [0.717, 1.165) is 24.4 Å². The fourth-order valence-electron chi connectivity index (χ4n) is 1.87. The quantitative estimate of drug-likeness (QED) is 0.846.